The Labute approximate surface area is 114 Å². The van der Waals surface area contributed by atoms with Crippen molar-refractivity contribution in [1.29, 1.82) is 5.26 Å². The van der Waals surface area contributed by atoms with Gasteiger partial charge in [0.25, 0.3) is 0 Å². The number of nitrogens with zero attached hydrogens (tertiary/aromatic N) is 1. The third-order valence-electron chi connectivity index (χ3n) is 3.91. The molecule has 1 aromatic rings. The summed E-state index contributed by atoms with van der Waals surface area (Å²) in [5.41, 5.74) is 2.45. The van der Waals surface area contributed by atoms with Gasteiger partial charge in [-0.2, -0.15) is 5.26 Å². The first-order valence-electron chi connectivity index (χ1n) is 6.94. The third-order valence-corrected chi connectivity index (χ3v) is 3.91. The molecule has 100 valence electrons. The molecule has 0 spiro atoms. The summed E-state index contributed by atoms with van der Waals surface area (Å²) in [6.07, 6.45) is 4.16. The smallest absolute Gasteiger partial charge is 0.220 e. The van der Waals surface area contributed by atoms with Crippen LogP contribution in [0.25, 0.3) is 0 Å². The maximum Gasteiger partial charge on any atom is 0.220 e. The number of rotatable bonds is 4. The highest BCUT2D eigenvalue weighted by molar-refractivity contribution is 5.76. The van der Waals surface area contributed by atoms with Gasteiger partial charge in [0.05, 0.1) is 12.0 Å². The number of hydrogen-bond donors (Lipinski definition) is 1. The zero-order chi connectivity index (χ0) is 13.7. The van der Waals surface area contributed by atoms with Crippen molar-refractivity contribution in [2.45, 2.75) is 45.1 Å². The standard InChI is InChI=1S/C16H20N2O/c1-12-5-2-3-6-13(12)9-10-16(19)18-15-8-4-7-14(15)11-17/h2-3,5-6,14-15H,4,7-10H2,1H3,(H,18,19). The van der Waals surface area contributed by atoms with Crippen molar-refractivity contribution in [3.63, 3.8) is 0 Å². The molecule has 1 aliphatic carbocycles. The predicted octanol–water partition coefficient (Wildman–Crippen LogP) is 2.74. The van der Waals surface area contributed by atoms with Gasteiger partial charge in [-0.15, -0.1) is 0 Å². The summed E-state index contributed by atoms with van der Waals surface area (Å²) in [5, 5.41) is 12.0. The fraction of sp³-hybridized carbons (Fsp3) is 0.500. The van der Waals surface area contributed by atoms with Crippen LogP contribution in [0, 0.1) is 24.2 Å². The lowest BCUT2D eigenvalue weighted by Crippen LogP contribution is -2.37. The van der Waals surface area contributed by atoms with Gasteiger partial charge in [-0.25, -0.2) is 0 Å². The molecule has 2 unspecified atom stereocenters. The van der Waals surface area contributed by atoms with E-state index in [4.69, 9.17) is 5.26 Å². The van der Waals surface area contributed by atoms with Crippen molar-refractivity contribution in [1.82, 2.24) is 5.32 Å². The van der Waals surface area contributed by atoms with E-state index in [9.17, 15) is 4.79 Å². The van der Waals surface area contributed by atoms with Gasteiger partial charge in [-0.05, 0) is 43.7 Å². The molecule has 2 rings (SSSR count). The average Bonchev–Trinajstić information content (AvgIpc) is 2.85. The number of carbonyl (C=O) groups is 1. The van der Waals surface area contributed by atoms with Gasteiger partial charge in [0.2, 0.25) is 5.91 Å². The highest BCUT2D eigenvalue weighted by atomic mass is 16.1. The third kappa shape index (κ3) is 3.57. The number of benzene rings is 1. The molecule has 0 saturated heterocycles. The van der Waals surface area contributed by atoms with E-state index in [0.717, 1.165) is 25.7 Å². The maximum atomic E-state index is 11.9. The predicted molar refractivity (Wildman–Crippen MR) is 74.4 cm³/mol. The average molecular weight is 256 g/mol. The molecule has 0 heterocycles. The van der Waals surface area contributed by atoms with Crippen molar-refractivity contribution < 1.29 is 4.79 Å². The molecule has 0 aliphatic heterocycles. The molecule has 1 aliphatic rings. The van der Waals surface area contributed by atoms with Crippen molar-refractivity contribution in [2.75, 3.05) is 0 Å². The van der Waals surface area contributed by atoms with Gasteiger partial charge in [0, 0.05) is 12.5 Å². The summed E-state index contributed by atoms with van der Waals surface area (Å²) in [6, 6.07) is 10.5. The molecule has 0 radical (unpaired) electrons. The maximum absolute atomic E-state index is 11.9. The van der Waals surface area contributed by atoms with Gasteiger partial charge < -0.3 is 5.32 Å². The van der Waals surface area contributed by atoms with E-state index in [0.29, 0.717) is 6.42 Å². The number of hydrogen-bond acceptors (Lipinski definition) is 2. The summed E-state index contributed by atoms with van der Waals surface area (Å²) in [4.78, 5) is 11.9. The van der Waals surface area contributed by atoms with E-state index in [-0.39, 0.29) is 17.9 Å². The molecule has 3 heteroatoms. The monoisotopic (exact) mass is 256 g/mol. The topological polar surface area (TPSA) is 52.9 Å². The highest BCUT2D eigenvalue weighted by Gasteiger charge is 2.28. The zero-order valence-electron chi connectivity index (χ0n) is 11.4. The second-order valence-electron chi connectivity index (χ2n) is 5.27. The van der Waals surface area contributed by atoms with E-state index in [1.165, 1.54) is 11.1 Å². The minimum absolute atomic E-state index is 0.00223. The summed E-state index contributed by atoms with van der Waals surface area (Å²) < 4.78 is 0. The first-order chi connectivity index (χ1) is 9.20. The summed E-state index contributed by atoms with van der Waals surface area (Å²) in [6.45, 7) is 2.07. The molecule has 0 aromatic heterocycles. The molecule has 1 N–H and O–H groups in total. The van der Waals surface area contributed by atoms with Crippen molar-refractivity contribution in [3.05, 3.63) is 35.4 Å². The fourth-order valence-corrected chi connectivity index (χ4v) is 2.71. The highest BCUT2D eigenvalue weighted by Crippen LogP contribution is 2.24. The SMILES string of the molecule is Cc1ccccc1CCC(=O)NC1CCCC1C#N. The van der Waals surface area contributed by atoms with Crippen LogP contribution in [0.15, 0.2) is 24.3 Å². The minimum atomic E-state index is 0.00223. The Morgan fingerprint density at radius 1 is 1.42 bits per heavy atom. The Bertz CT molecular complexity index is 490. The minimum Gasteiger partial charge on any atom is -0.352 e. The quantitative estimate of drug-likeness (QED) is 0.900. The molecule has 3 nitrogen and oxygen atoms in total. The van der Waals surface area contributed by atoms with Crippen LogP contribution in [0.3, 0.4) is 0 Å². The van der Waals surface area contributed by atoms with E-state index in [1.54, 1.807) is 0 Å². The first-order valence-corrected chi connectivity index (χ1v) is 6.94. The van der Waals surface area contributed by atoms with Crippen molar-refractivity contribution in [3.8, 4) is 6.07 Å². The summed E-state index contributed by atoms with van der Waals surface area (Å²) in [7, 11) is 0. The van der Waals surface area contributed by atoms with Crippen LogP contribution in [0.2, 0.25) is 0 Å². The fourth-order valence-electron chi connectivity index (χ4n) is 2.71. The Morgan fingerprint density at radius 3 is 2.95 bits per heavy atom. The Morgan fingerprint density at radius 2 is 2.21 bits per heavy atom. The van der Waals surface area contributed by atoms with E-state index < -0.39 is 0 Å². The van der Waals surface area contributed by atoms with Crippen LogP contribution in [-0.4, -0.2) is 11.9 Å². The molecule has 19 heavy (non-hydrogen) atoms. The Kier molecular flexibility index (Phi) is 4.57. The molecule has 1 saturated carbocycles. The normalized spacial score (nSPS) is 21.9. The van der Waals surface area contributed by atoms with Crippen LogP contribution in [0.4, 0.5) is 0 Å². The van der Waals surface area contributed by atoms with Gasteiger partial charge in [0.15, 0.2) is 0 Å². The lowest BCUT2D eigenvalue weighted by molar-refractivity contribution is -0.121. The van der Waals surface area contributed by atoms with Crippen LogP contribution in [0.5, 0.6) is 0 Å². The van der Waals surface area contributed by atoms with E-state index in [1.807, 2.05) is 12.1 Å². The lowest BCUT2D eigenvalue weighted by Gasteiger charge is -2.15. The summed E-state index contributed by atoms with van der Waals surface area (Å²) >= 11 is 0. The van der Waals surface area contributed by atoms with Gasteiger partial charge in [-0.3, -0.25) is 4.79 Å². The lowest BCUT2D eigenvalue weighted by atomic mass is 10.0. The van der Waals surface area contributed by atoms with Crippen molar-refractivity contribution >= 4 is 5.91 Å². The zero-order valence-corrected chi connectivity index (χ0v) is 11.4. The molecule has 1 fully saturated rings. The van der Waals surface area contributed by atoms with E-state index >= 15 is 0 Å². The molecule has 1 aromatic carbocycles. The Balaban J connectivity index is 1.82. The van der Waals surface area contributed by atoms with Crippen LogP contribution in [-0.2, 0) is 11.2 Å². The van der Waals surface area contributed by atoms with Gasteiger partial charge in [-0.1, -0.05) is 24.3 Å². The molecule has 0 bridgehead atoms. The second-order valence-corrected chi connectivity index (χ2v) is 5.27. The first kappa shape index (κ1) is 13.6. The van der Waals surface area contributed by atoms with Gasteiger partial charge in [0.1, 0.15) is 0 Å². The number of nitrogens with one attached hydrogen (secondary N) is 1. The molecular weight excluding hydrogens is 236 g/mol. The second kappa shape index (κ2) is 6.38. The molecule has 2 atom stereocenters. The van der Waals surface area contributed by atoms with Crippen LogP contribution >= 0.6 is 0 Å². The number of carbonyl (C=O) groups excluding carboxylic acids is 1. The number of aryl methyl sites for hydroxylation is 2. The summed E-state index contributed by atoms with van der Waals surface area (Å²) in [5.74, 6) is 0.0674. The Hall–Kier alpha value is -1.82. The van der Waals surface area contributed by atoms with Crippen LogP contribution in [0.1, 0.15) is 36.8 Å². The number of amides is 1. The van der Waals surface area contributed by atoms with Crippen molar-refractivity contribution in [2.24, 2.45) is 5.92 Å². The molecule has 1 amide bonds. The van der Waals surface area contributed by atoms with Gasteiger partial charge >= 0.3 is 0 Å². The largest absolute Gasteiger partial charge is 0.352 e. The van der Waals surface area contributed by atoms with E-state index in [2.05, 4.69) is 30.4 Å². The molecular formula is C16H20N2O. The van der Waals surface area contributed by atoms with Crippen LogP contribution < -0.4 is 5.32 Å². The number of nitriles is 1.